The highest BCUT2D eigenvalue weighted by Gasteiger charge is 2.18. The van der Waals surface area contributed by atoms with E-state index in [2.05, 4.69) is 37.3 Å². The zero-order chi connectivity index (χ0) is 15.6. The molecule has 1 nitrogen and oxygen atoms in total. The molecule has 0 bridgehead atoms. The zero-order valence-corrected chi connectivity index (χ0v) is 13.9. The minimum absolute atomic E-state index is 0.749. The molecule has 0 spiro atoms. The Morgan fingerprint density at radius 1 is 1.14 bits per heavy atom. The van der Waals surface area contributed by atoms with E-state index in [0.717, 1.165) is 30.2 Å². The van der Waals surface area contributed by atoms with Crippen LogP contribution in [-0.2, 0) is 6.42 Å². The molecule has 1 fully saturated rings. The van der Waals surface area contributed by atoms with Gasteiger partial charge in [0.15, 0.2) is 0 Å². The molecule has 1 aromatic rings. The summed E-state index contributed by atoms with van der Waals surface area (Å²) in [5.41, 5.74) is 2.08. The maximum Gasteiger partial charge on any atom is 0.0991 e. The summed E-state index contributed by atoms with van der Waals surface area (Å²) in [6.07, 6.45) is 16.9. The van der Waals surface area contributed by atoms with E-state index in [1.165, 1.54) is 50.5 Å². The molecule has 1 saturated carbocycles. The van der Waals surface area contributed by atoms with Crippen molar-refractivity contribution in [2.45, 2.75) is 64.7 Å². The van der Waals surface area contributed by atoms with Crippen molar-refractivity contribution in [3.8, 4) is 6.07 Å². The SMILES string of the molecule is CCCC[C@H]1CC[C@H](/C=C/CCc2ccc(C#N)cc2)CC1. The van der Waals surface area contributed by atoms with Crippen LogP contribution in [0.5, 0.6) is 0 Å². The molecule has 1 aromatic carbocycles. The average molecular weight is 295 g/mol. The van der Waals surface area contributed by atoms with Gasteiger partial charge in [0.1, 0.15) is 0 Å². The van der Waals surface area contributed by atoms with Crippen molar-refractivity contribution >= 4 is 0 Å². The molecule has 1 aliphatic rings. The van der Waals surface area contributed by atoms with Crippen LogP contribution < -0.4 is 0 Å². The fourth-order valence-electron chi connectivity index (χ4n) is 3.45. The highest BCUT2D eigenvalue weighted by Crippen LogP contribution is 2.32. The topological polar surface area (TPSA) is 23.8 Å². The van der Waals surface area contributed by atoms with E-state index in [9.17, 15) is 0 Å². The van der Waals surface area contributed by atoms with Crippen LogP contribution in [0.25, 0.3) is 0 Å². The fourth-order valence-corrected chi connectivity index (χ4v) is 3.45. The van der Waals surface area contributed by atoms with Gasteiger partial charge in [-0.3, -0.25) is 0 Å². The molecule has 1 heteroatoms. The molecule has 1 aliphatic carbocycles. The first-order chi connectivity index (χ1) is 10.8. The van der Waals surface area contributed by atoms with Crippen molar-refractivity contribution in [2.75, 3.05) is 0 Å². The Balaban J connectivity index is 1.65. The predicted octanol–water partition coefficient (Wildman–Crippen LogP) is 6.04. The number of hydrogen-bond acceptors (Lipinski definition) is 1. The first kappa shape index (κ1) is 16.8. The van der Waals surface area contributed by atoms with Gasteiger partial charge in [0.05, 0.1) is 11.6 Å². The average Bonchev–Trinajstić information content (AvgIpc) is 2.58. The molecule has 22 heavy (non-hydrogen) atoms. The summed E-state index contributed by atoms with van der Waals surface area (Å²) in [4.78, 5) is 0. The van der Waals surface area contributed by atoms with E-state index in [0.29, 0.717) is 0 Å². The van der Waals surface area contributed by atoms with Crippen LogP contribution in [0.1, 0.15) is 69.4 Å². The third kappa shape index (κ3) is 5.68. The van der Waals surface area contributed by atoms with Crippen molar-refractivity contribution in [2.24, 2.45) is 11.8 Å². The van der Waals surface area contributed by atoms with E-state index < -0.39 is 0 Å². The zero-order valence-electron chi connectivity index (χ0n) is 13.9. The molecule has 0 amide bonds. The van der Waals surface area contributed by atoms with Crippen LogP contribution in [0.15, 0.2) is 36.4 Å². The summed E-state index contributed by atoms with van der Waals surface area (Å²) in [5.74, 6) is 1.82. The molecule has 0 radical (unpaired) electrons. The summed E-state index contributed by atoms with van der Waals surface area (Å²) < 4.78 is 0. The lowest BCUT2D eigenvalue weighted by atomic mass is 9.79. The quantitative estimate of drug-likeness (QED) is 0.562. The molecule has 0 saturated heterocycles. The Labute approximate surface area is 136 Å². The van der Waals surface area contributed by atoms with E-state index in [1.807, 2.05) is 12.1 Å². The number of aryl methyl sites for hydroxylation is 1. The van der Waals surface area contributed by atoms with Crippen molar-refractivity contribution in [1.29, 1.82) is 5.26 Å². The molecule has 0 aliphatic heterocycles. The second-order valence-electron chi connectivity index (χ2n) is 6.70. The first-order valence-electron chi connectivity index (χ1n) is 8.97. The van der Waals surface area contributed by atoms with Gasteiger partial charge in [-0.15, -0.1) is 0 Å². The Kier molecular flexibility index (Phi) is 7.23. The number of nitrogens with zero attached hydrogens (tertiary/aromatic N) is 1. The maximum atomic E-state index is 8.79. The summed E-state index contributed by atoms with van der Waals surface area (Å²) in [7, 11) is 0. The van der Waals surface area contributed by atoms with E-state index in [-0.39, 0.29) is 0 Å². The summed E-state index contributed by atoms with van der Waals surface area (Å²) in [5, 5.41) is 8.79. The van der Waals surface area contributed by atoms with Crippen molar-refractivity contribution in [1.82, 2.24) is 0 Å². The molecule has 0 heterocycles. The normalized spacial score (nSPS) is 21.8. The van der Waals surface area contributed by atoms with Crippen LogP contribution in [0.3, 0.4) is 0 Å². The van der Waals surface area contributed by atoms with Gasteiger partial charge in [0, 0.05) is 0 Å². The molecule has 0 N–H and O–H groups in total. The lowest BCUT2D eigenvalue weighted by molar-refractivity contribution is 0.290. The van der Waals surface area contributed by atoms with E-state index in [4.69, 9.17) is 5.26 Å². The lowest BCUT2D eigenvalue weighted by Gasteiger charge is -2.26. The van der Waals surface area contributed by atoms with Gasteiger partial charge in [0.2, 0.25) is 0 Å². The number of nitriles is 1. The molecular formula is C21H29N. The van der Waals surface area contributed by atoms with Crippen LogP contribution >= 0.6 is 0 Å². The minimum atomic E-state index is 0.749. The fraction of sp³-hybridized carbons (Fsp3) is 0.571. The smallest absolute Gasteiger partial charge is 0.0991 e. The third-order valence-electron chi connectivity index (χ3n) is 4.95. The highest BCUT2D eigenvalue weighted by molar-refractivity contribution is 5.31. The molecule has 2 rings (SSSR count). The van der Waals surface area contributed by atoms with Gasteiger partial charge in [-0.05, 0) is 68.1 Å². The molecule has 0 unspecified atom stereocenters. The number of allylic oxidation sites excluding steroid dienone is 2. The van der Waals surface area contributed by atoms with Crippen LogP contribution in [0.4, 0.5) is 0 Å². The molecule has 0 aromatic heterocycles. The lowest BCUT2D eigenvalue weighted by Crippen LogP contribution is -2.12. The molecule has 118 valence electrons. The van der Waals surface area contributed by atoms with Crippen LogP contribution in [0, 0.1) is 23.2 Å². The van der Waals surface area contributed by atoms with Gasteiger partial charge in [-0.1, -0.05) is 50.5 Å². The summed E-state index contributed by atoms with van der Waals surface area (Å²) >= 11 is 0. The standard InChI is InChI=1S/C21H29N/c1-2-3-6-18-9-11-19(12-10-18)7-4-5-8-20-13-15-21(17-22)16-14-20/h4,7,13-16,18-19H,2-3,5-6,8-12H2,1H3/b7-4+/t18-,19-. The van der Waals surface area contributed by atoms with Crippen molar-refractivity contribution < 1.29 is 0 Å². The van der Waals surface area contributed by atoms with Gasteiger partial charge in [-0.25, -0.2) is 0 Å². The first-order valence-corrected chi connectivity index (χ1v) is 8.97. The van der Waals surface area contributed by atoms with Gasteiger partial charge in [0.25, 0.3) is 0 Å². The largest absolute Gasteiger partial charge is 0.192 e. The summed E-state index contributed by atoms with van der Waals surface area (Å²) in [6.45, 7) is 2.29. The third-order valence-corrected chi connectivity index (χ3v) is 4.95. The van der Waals surface area contributed by atoms with Crippen LogP contribution in [0.2, 0.25) is 0 Å². The second kappa shape index (κ2) is 9.46. The monoisotopic (exact) mass is 295 g/mol. The maximum absolute atomic E-state index is 8.79. The Morgan fingerprint density at radius 3 is 2.50 bits per heavy atom. The summed E-state index contributed by atoms with van der Waals surface area (Å²) in [6, 6.07) is 10.1. The molecular weight excluding hydrogens is 266 g/mol. The van der Waals surface area contributed by atoms with Gasteiger partial charge < -0.3 is 0 Å². The molecule has 0 atom stereocenters. The Hall–Kier alpha value is -1.55. The predicted molar refractivity (Wildman–Crippen MR) is 93.6 cm³/mol. The minimum Gasteiger partial charge on any atom is -0.192 e. The number of benzene rings is 1. The van der Waals surface area contributed by atoms with Gasteiger partial charge >= 0.3 is 0 Å². The van der Waals surface area contributed by atoms with Crippen LogP contribution in [-0.4, -0.2) is 0 Å². The van der Waals surface area contributed by atoms with Gasteiger partial charge in [-0.2, -0.15) is 5.26 Å². The van der Waals surface area contributed by atoms with E-state index in [1.54, 1.807) is 0 Å². The number of hydrogen-bond donors (Lipinski definition) is 0. The number of unbranched alkanes of at least 4 members (excludes halogenated alkanes) is 1. The Bertz CT molecular complexity index is 484. The van der Waals surface area contributed by atoms with Crippen molar-refractivity contribution in [3.63, 3.8) is 0 Å². The number of rotatable bonds is 7. The van der Waals surface area contributed by atoms with E-state index >= 15 is 0 Å². The highest BCUT2D eigenvalue weighted by atomic mass is 14.2. The Morgan fingerprint density at radius 2 is 1.86 bits per heavy atom. The second-order valence-corrected chi connectivity index (χ2v) is 6.70. The van der Waals surface area contributed by atoms with Crippen molar-refractivity contribution in [3.05, 3.63) is 47.5 Å².